The summed E-state index contributed by atoms with van der Waals surface area (Å²) in [5, 5.41) is 9.18. The standard InChI is InChI=1S/C25H23N3O/c1-17-3-6-20-13-14-28(27)24(20)15-23(19-7-4-18(16-26)5-8-19)25(17)21-9-11-22(29-2)12-10-21/h4-5,7-15H,3,6,27H2,1-2H3. The molecule has 0 saturated heterocycles. The minimum absolute atomic E-state index is 0.648. The van der Waals surface area contributed by atoms with E-state index in [4.69, 9.17) is 10.6 Å². The number of nitrogens with two attached hydrogens (primary N) is 1. The number of allylic oxidation sites excluding steroid dienone is 3. The van der Waals surface area contributed by atoms with Crippen molar-refractivity contribution in [3.05, 3.63) is 94.3 Å². The van der Waals surface area contributed by atoms with Crippen LogP contribution in [0.2, 0.25) is 0 Å². The first-order valence-corrected chi connectivity index (χ1v) is 9.63. The summed E-state index contributed by atoms with van der Waals surface area (Å²) in [5.74, 6) is 7.05. The zero-order valence-electron chi connectivity index (χ0n) is 16.6. The van der Waals surface area contributed by atoms with Crippen LogP contribution < -0.4 is 10.6 Å². The molecule has 0 radical (unpaired) electrons. The van der Waals surface area contributed by atoms with Crippen LogP contribution in [0.5, 0.6) is 5.75 Å². The first-order valence-electron chi connectivity index (χ1n) is 9.63. The molecule has 3 aromatic rings. The summed E-state index contributed by atoms with van der Waals surface area (Å²) in [6.45, 7) is 2.20. The second kappa shape index (κ2) is 7.73. The molecule has 2 aromatic carbocycles. The summed E-state index contributed by atoms with van der Waals surface area (Å²) in [6, 6.07) is 20.2. The van der Waals surface area contributed by atoms with Gasteiger partial charge in [-0.15, -0.1) is 0 Å². The van der Waals surface area contributed by atoms with Crippen LogP contribution in [0.25, 0.3) is 17.2 Å². The van der Waals surface area contributed by atoms with Gasteiger partial charge in [-0.1, -0.05) is 29.8 Å². The molecule has 0 saturated carbocycles. The minimum Gasteiger partial charge on any atom is -0.497 e. The van der Waals surface area contributed by atoms with E-state index in [1.165, 1.54) is 16.7 Å². The lowest BCUT2D eigenvalue weighted by Gasteiger charge is -2.21. The van der Waals surface area contributed by atoms with Crippen molar-refractivity contribution in [3.8, 4) is 11.8 Å². The van der Waals surface area contributed by atoms with Crippen LogP contribution in [-0.2, 0) is 6.42 Å². The van der Waals surface area contributed by atoms with Crippen molar-refractivity contribution in [2.45, 2.75) is 19.8 Å². The molecule has 1 aliphatic rings. The number of aryl methyl sites for hydroxylation is 1. The van der Waals surface area contributed by atoms with Gasteiger partial charge in [0.1, 0.15) is 5.75 Å². The molecule has 0 aliphatic heterocycles. The maximum absolute atomic E-state index is 9.18. The number of aromatic nitrogens is 1. The van der Waals surface area contributed by atoms with Gasteiger partial charge in [-0.2, -0.15) is 5.26 Å². The third-order valence-electron chi connectivity index (χ3n) is 5.49. The molecule has 4 heteroatoms. The lowest BCUT2D eigenvalue weighted by molar-refractivity contribution is 0.415. The first-order chi connectivity index (χ1) is 14.1. The second-order valence-electron chi connectivity index (χ2n) is 7.26. The summed E-state index contributed by atoms with van der Waals surface area (Å²) >= 11 is 0. The van der Waals surface area contributed by atoms with Gasteiger partial charge in [0.25, 0.3) is 0 Å². The number of benzene rings is 2. The number of rotatable bonds is 3. The van der Waals surface area contributed by atoms with Gasteiger partial charge in [0.05, 0.1) is 24.4 Å². The summed E-state index contributed by atoms with van der Waals surface area (Å²) in [4.78, 5) is 0. The van der Waals surface area contributed by atoms with Crippen molar-refractivity contribution in [2.24, 2.45) is 0 Å². The predicted octanol–water partition coefficient (Wildman–Crippen LogP) is 5.04. The van der Waals surface area contributed by atoms with Crippen LogP contribution in [0.1, 0.15) is 41.3 Å². The van der Waals surface area contributed by atoms with E-state index in [0.29, 0.717) is 5.56 Å². The van der Waals surface area contributed by atoms with E-state index < -0.39 is 0 Å². The van der Waals surface area contributed by atoms with Crippen LogP contribution in [-0.4, -0.2) is 11.8 Å². The SMILES string of the molecule is COc1ccc(C2=C(C)CCc3ccn(N)c3C=C2c2ccc(C#N)cc2)cc1. The van der Waals surface area contributed by atoms with E-state index in [1.54, 1.807) is 11.8 Å². The number of nitrogens with zero attached hydrogens (tertiary/aromatic N) is 2. The summed E-state index contributed by atoms with van der Waals surface area (Å²) in [7, 11) is 1.67. The van der Waals surface area contributed by atoms with Crippen LogP contribution in [0, 0.1) is 11.3 Å². The quantitative estimate of drug-likeness (QED) is 0.646. The maximum Gasteiger partial charge on any atom is 0.118 e. The van der Waals surface area contributed by atoms with E-state index in [0.717, 1.165) is 41.0 Å². The monoisotopic (exact) mass is 381 g/mol. The molecule has 0 bridgehead atoms. The van der Waals surface area contributed by atoms with Gasteiger partial charge in [0.15, 0.2) is 0 Å². The highest BCUT2D eigenvalue weighted by atomic mass is 16.5. The van der Waals surface area contributed by atoms with Crippen molar-refractivity contribution in [1.82, 2.24) is 4.68 Å². The maximum atomic E-state index is 9.18. The fraction of sp³-hybridized carbons (Fsp3) is 0.160. The average Bonchev–Trinajstić information content (AvgIpc) is 3.09. The van der Waals surface area contributed by atoms with Crippen molar-refractivity contribution in [3.63, 3.8) is 0 Å². The third-order valence-corrected chi connectivity index (χ3v) is 5.49. The highest BCUT2D eigenvalue weighted by Gasteiger charge is 2.19. The Hall–Kier alpha value is -3.71. The Morgan fingerprint density at radius 1 is 0.966 bits per heavy atom. The van der Waals surface area contributed by atoms with Crippen molar-refractivity contribution in [1.29, 1.82) is 5.26 Å². The Labute approximate surface area is 171 Å². The van der Waals surface area contributed by atoms with E-state index in [1.807, 2.05) is 42.6 Å². The van der Waals surface area contributed by atoms with Crippen LogP contribution in [0.3, 0.4) is 0 Å². The largest absolute Gasteiger partial charge is 0.497 e. The van der Waals surface area contributed by atoms with Crippen LogP contribution in [0.4, 0.5) is 0 Å². The van der Waals surface area contributed by atoms with Gasteiger partial charge in [-0.25, -0.2) is 0 Å². The van der Waals surface area contributed by atoms with Crippen LogP contribution >= 0.6 is 0 Å². The summed E-state index contributed by atoms with van der Waals surface area (Å²) in [5.41, 5.74) is 8.72. The Morgan fingerprint density at radius 3 is 2.31 bits per heavy atom. The predicted molar refractivity (Wildman–Crippen MR) is 118 cm³/mol. The van der Waals surface area contributed by atoms with Crippen molar-refractivity contribution >= 4 is 17.2 Å². The molecule has 144 valence electrons. The average molecular weight is 381 g/mol. The molecule has 4 rings (SSSR count). The molecule has 2 N–H and O–H groups in total. The highest BCUT2D eigenvalue weighted by molar-refractivity contribution is 6.12. The third kappa shape index (κ3) is 3.55. The van der Waals surface area contributed by atoms with Gasteiger partial charge >= 0.3 is 0 Å². The smallest absolute Gasteiger partial charge is 0.118 e. The summed E-state index contributed by atoms with van der Waals surface area (Å²) < 4.78 is 7.02. The number of hydrogen-bond donors (Lipinski definition) is 1. The van der Waals surface area contributed by atoms with Crippen molar-refractivity contribution in [2.75, 3.05) is 13.0 Å². The van der Waals surface area contributed by atoms with Gasteiger partial charge in [-0.05, 0) is 84.0 Å². The zero-order valence-corrected chi connectivity index (χ0v) is 16.6. The molecule has 0 fully saturated rings. The number of nitriles is 1. The first kappa shape index (κ1) is 18.6. The van der Waals surface area contributed by atoms with E-state index >= 15 is 0 Å². The molecule has 0 spiro atoms. The molecule has 29 heavy (non-hydrogen) atoms. The fourth-order valence-corrected chi connectivity index (χ4v) is 3.88. The number of methoxy groups -OCH3 is 1. The lowest BCUT2D eigenvalue weighted by Crippen LogP contribution is -2.10. The second-order valence-corrected chi connectivity index (χ2v) is 7.26. The number of fused-ring (bicyclic) bond motifs is 1. The molecule has 1 heterocycles. The molecule has 4 nitrogen and oxygen atoms in total. The molecule has 0 atom stereocenters. The Kier molecular flexibility index (Phi) is 4.97. The van der Waals surface area contributed by atoms with Crippen LogP contribution in [0.15, 0.2) is 66.4 Å². The Bertz CT molecular complexity index is 1140. The van der Waals surface area contributed by atoms with Gasteiger partial charge < -0.3 is 10.6 Å². The number of ether oxygens (including phenoxy) is 1. The van der Waals surface area contributed by atoms with Crippen molar-refractivity contribution < 1.29 is 4.74 Å². The zero-order chi connectivity index (χ0) is 20.4. The topological polar surface area (TPSA) is 64.0 Å². The Balaban J connectivity index is 1.94. The van der Waals surface area contributed by atoms with E-state index in [9.17, 15) is 5.26 Å². The minimum atomic E-state index is 0.648. The molecular weight excluding hydrogens is 358 g/mol. The number of nitrogen functional groups attached to an aromatic ring is 1. The summed E-state index contributed by atoms with van der Waals surface area (Å²) in [6.07, 6.45) is 5.97. The van der Waals surface area contributed by atoms with E-state index in [2.05, 4.69) is 37.3 Å². The number of hydrogen-bond acceptors (Lipinski definition) is 3. The van der Waals surface area contributed by atoms with Gasteiger partial charge in [-0.3, -0.25) is 4.68 Å². The molecule has 1 aliphatic carbocycles. The normalized spacial score (nSPS) is 13.8. The molecule has 0 unspecified atom stereocenters. The fourth-order valence-electron chi connectivity index (χ4n) is 3.88. The van der Waals surface area contributed by atoms with Gasteiger partial charge in [0, 0.05) is 6.20 Å². The molecule has 1 aromatic heterocycles. The van der Waals surface area contributed by atoms with E-state index in [-0.39, 0.29) is 0 Å². The molecule has 0 amide bonds. The molecular formula is C25H23N3O. The Morgan fingerprint density at radius 2 is 1.66 bits per heavy atom. The lowest BCUT2D eigenvalue weighted by atomic mass is 9.84. The van der Waals surface area contributed by atoms with Gasteiger partial charge in [0.2, 0.25) is 0 Å². The highest BCUT2D eigenvalue weighted by Crippen LogP contribution is 2.39.